The first-order valence-corrected chi connectivity index (χ1v) is 16.7. The molecule has 1 aromatic rings. The second-order valence-corrected chi connectivity index (χ2v) is 17.0. The summed E-state index contributed by atoms with van der Waals surface area (Å²) in [5.74, 6) is -3.87. The van der Waals surface area contributed by atoms with Gasteiger partial charge in [0.15, 0.2) is 15.6 Å². The minimum Gasteiger partial charge on any atom is -0.376 e. The van der Waals surface area contributed by atoms with Gasteiger partial charge in [0, 0.05) is 23.1 Å². The largest absolute Gasteiger partial charge is 0.534 e. The van der Waals surface area contributed by atoms with Crippen molar-refractivity contribution in [1.82, 2.24) is 0 Å². The van der Waals surface area contributed by atoms with Crippen molar-refractivity contribution in [3.05, 3.63) is 17.7 Å². The quantitative estimate of drug-likeness (QED) is 0.242. The van der Waals surface area contributed by atoms with E-state index in [1.807, 2.05) is 6.92 Å². The van der Waals surface area contributed by atoms with Gasteiger partial charge in [0.05, 0.1) is 10.6 Å². The third-order valence-electron chi connectivity index (χ3n) is 9.10. The number of hydrogen-bond acceptors (Lipinski definition) is 8. The van der Waals surface area contributed by atoms with Crippen molar-refractivity contribution in [1.29, 1.82) is 0 Å². The minimum absolute atomic E-state index is 0.0198. The van der Waals surface area contributed by atoms with Crippen LogP contribution in [0.4, 0.5) is 26.3 Å². The number of hydrogen-bond donors (Lipinski definition) is 0. The molecule has 0 radical (unpaired) electrons. The Morgan fingerprint density at radius 1 is 0.825 bits per heavy atom. The van der Waals surface area contributed by atoms with Crippen LogP contribution in [0.15, 0.2) is 17.0 Å². The Bertz CT molecular complexity index is 1550. The smallest absolute Gasteiger partial charge is 0.376 e. The maximum Gasteiger partial charge on any atom is 0.534 e. The van der Waals surface area contributed by atoms with Gasteiger partial charge in [0.2, 0.25) is 0 Å². The second-order valence-electron chi connectivity index (χ2n) is 12.0. The van der Waals surface area contributed by atoms with Crippen LogP contribution in [0.1, 0.15) is 65.4 Å². The van der Waals surface area contributed by atoms with Gasteiger partial charge >= 0.3 is 31.3 Å². The lowest BCUT2D eigenvalue weighted by Gasteiger charge is -2.63. The maximum atomic E-state index is 13.6. The van der Waals surface area contributed by atoms with E-state index in [1.54, 1.807) is 6.92 Å². The van der Waals surface area contributed by atoms with Crippen molar-refractivity contribution < 1.29 is 60.0 Å². The predicted octanol–water partition coefficient (Wildman–Crippen LogP) is 5.43. The first-order valence-electron chi connectivity index (χ1n) is 12.2. The molecule has 0 N–H and O–H groups in total. The molecule has 2 aliphatic carbocycles. The van der Waals surface area contributed by atoms with E-state index in [4.69, 9.17) is 0 Å². The zero-order valence-corrected chi connectivity index (χ0v) is 24.3. The third kappa shape index (κ3) is 4.76. The molecule has 4 rings (SSSR count). The molecule has 0 aromatic heterocycles. The summed E-state index contributed by atoms with van der Waals surface area (Å²) in [6, 6.07) is 0.704. The molecule has 3 aliphatic rings. The van der Waals surface area contributed by atoms with Gasteiger partial charge in [-0.1, -0.05) is 34.1 Å². The molecule has 228 valence electrons. The highest BCUT2D eigenvalue weighted by Crippen LogP contribution is 2.67. The van der Waals surface area contributed by atoms with Crippen LogP contribution in [0.3, 0.4) is 0 Å². The summed E-state index contributed by atoms with van der Waals surface area (Å²) in [5, 5.41) is 0. The Kier molecular flexibility index (Phi) is 6.92. The SMILES string of the molecule is CC1(C)CCC[C@]2(C)[C@H]3CS(=O)(=O)c4cc(OS(=O)(=O)C(F)(F)F)cc(OS(=O)(=O)C(F)(F)F)c4[C@]3(C)CC[C@@H]12. The van der Waals surface area contributed by atoms with E-state index in [0.29, 0.717) is 18.9 Å². The highest BCUT2D eigenvalue weighted by atomic mass is 32.2. The fourth-order valence-electron chi connectivity index (χ4n) is 7.46. The molecule has 4 atom stereocenters. The van der Waals surface area contributed by atoms with Crippen molar-refractivity contribution in [2.45, 2.75) is 81.1 Å². The first-order chi connectivity index (χ1) is 17.8. The number of rotatable bonds is 4. The average Bonchev–Trinajstić information content (AvgIpc) is 2.72. The molecule has 0 amide bonds. The number of benzene rings is 1. The van der Waals surface area contributed by atoms with Crippen LogP contribution in [0, 0.1) is 22.7 Å². The molecule has 2 fully saturated rings. The predicted molar refractivity (Wildman–Crippen MR) is 129 cm³/mol. The lowest BCUT2D eigenvalue weighted by atomic mass is 9.43. The van der Waals surface area contributed by atoms with Crippen LogP contribution in [-0.4, -0.2) is 42.0 Å². The number of sulfone groups is 1. The van der Waals surface area contributed by atoms with E-state index in [1.165, 1.54) is 0 Å². The lowest BCUT2D eigenvalue weighted by Crippen LogP contribution is -2.60. The highest BCUT2D eigenvalue weighted by Gasteiger charge is 2.63. The fourth-order valence-corrected chi connectivity index (χ4v) is 10.7. The van der Waals surface area contributed by atoms with E-state index in [0.717, 1.165) is 12.8 Å². The summed E-state index contributed by atoms with van der Waals surface area (Å²) in [4.78, 5) is -0.842. The van der Waals surface area contributed by atoms with E-state index < -0.39 is 85.5 Å². The monoisotopic (exact) mass is 642 g/mol. The van der Waals surface area contributed by atoms with Gasteiger partial charge in [-0.15, -0.1) is 0 Å². The first kappa shape index (κ1) is 31.2. The summed E-state index contributed by atoms with van der Waals surface area (Å²) in [6.07, 6.45) is 2.91. The summed E-state index contributed by atoms with van der Waals surface area (Å²) >= 11 is 0. The minimum atomic E-state index is -6.45. The van der Waals surface area contributed by atoms with Crippen LogP contribution in [0.25, 0.3) is 0 Å². The molecular formula is C23H28F6O8S3. The standard InChI is InChI=1S/C23H28F6O8S3/c1-19(2)7-5-8-20(3)16(19)6-9-21(4)17(20)12-38(30,31)15-11-13(36-39(32,33)22(24,25)26)10-14(18(15)21)37-40(34,35)23(27,28)29/h10-11,16-17H,5-9,12H2,1-4H3/t16-,17+,20-,21+/m0/s1. The van der Waals surface area contributed by atoms with E-state index in [2.05, 4.69) is 22.2 Å². The van der Waals surface area contributed by atoms with Gasteiger partial charge in [0.1, 0.15) is 5.75 Å². The van der Waals surface area contributed by atoms with E-state index in [9.17, 15) is 51.6 Å². The molecule has 0 bridgehead atoms. The zero-order valence-electron chi connectivity index (χ0n) is 21.8. The Morgan fingerprint density at radius 2 is 1.38 bits per heavy atom. The summed E-state index contributed by atoms with van der Waals surface area (Å²) in [6.45, 7) is 7.58. The van der Waals surface area contributed by atoms with Gasteiger partial charge in [-0.05, 0) is 48.3 Å². The Balaban J connectivity index is 2.00. The normalized spacial score (nSPS) is 31.9. The van der Waals surface area contributed by atoms with Crippen molar-refractivity contribution in [3.8, 4) is 11.5 Å². The molecule has 17 heteroatoms. The Morgan fingerprint density at radius 3 is 1.93 bits per heavy atom. The molecule has 1 aromatic carbocycles. The topological polar surface area (TPSA) is 121 Å². The molecule has 0 unspecified atom stereocenters. The molecule has 2 saturated carbocycles. The highest BCUT2D eigenvalue weighted by molar-refractivity contribution is 7.91. The second kappa shape index (κ2) is 8.88. The third-order valence-corrected chi connectivity index (χ3v) is 12.8. The van der Waals surface area contributed by atoms with E-state index in [-0.39, 0.29) is 23.8 Å². The van der Waals surface area contributed by atoms with Crippen molar-refractivity contribution in [2.75, 3.05) is 5.75 Å². The molecular weight excluding hydrogens is 614 g/mol. The Labute approximate surface area is 228 Å². The number of halogens is 6. The average molecular weight is 643 g/mol. The van der Waals surface area contributed by atoms with Gasteiger partial charge in [-0.25, -0.2) is 8.42 Å². The van der Waals surface area contributed by atoms with Gasteiger partial charge in [-0.3, -0.25) is 0 Å². The number of fused-ring (bicyclic) bond motifs is 5. The van der Waals surface area contributed by atoms with Crippen LogP contribution < -0.4 is 8.37 Å². The van der Waals surface area contributed by atoms with Crippen LogP contribution >= 0.6 is 0 Å². The fraction of sp³-hybridized carbons (Fsp3) is 0.739. The van der Waals surface area contributed by atoms with Crippen molar-refractivity contribution >= 4 is 30.1 Å². The zero-order chi connectivity index (χ0) is 30.5. The molecule has 1 heterocycles. The van der Waals surface area contributed by atoms with Gasteiger partial charge < -0.3 is 8.37 Å². The molecule has 0 saturated heterocycles. The summed E-state index contributed by atoms with van der Waals surface area (Å²) < 4.78 is 162. The number of alkyl halides is 6. The molecule has 1 aliphatic heterocycles. The summed E-state index contributed by atoms with van der Waals surface area (Å²) in [5.41, 5.74) is -14.6. The van der Waals surface area contributed by atoms with Crippen LogP contribution in [-0.2, 0) is 35.5 Å². The maximum absolute atomic E-state index is 13.6. The van der Waals surface area contributed by atoms with Gasteiger partial charge in [-0.2, -0.15) is 43.2 Å². The Hall–Kier alpha value is -1.75. The molecule has 8 nitrogen and oxygen atoms in total. The lowest BCUT2D eigenvalue weighted by molar-refractivity contribution is -0.0984. The van der Waals surface area contributed by atoms with Crippen molar-refractivity contribution in [2.24, 2.45) is 22.7 Å². The van der Waals surface area contributed by atoms with Crippen LogP contribution in [0.2, 0.25) is 0 Å². The molecule has 0 spiro atoms. The summed E-state index contributed by atoms with van der Waals surface area (Å²) in [7, 11) is -17.4. The molecule has 40 heavy (non-hydrogen) atoms. The van der Waals surface area contributed by atoms with Crippen molar-refractivity contribution in [3.63, 3.8) is 0 Å². The van der Waals surface area contributed by atoms with E-state index >= 15 is 0 Å². The van der Waals surface area contributed by atoms with Gasteiger partial charge in [0.25, 0.3) is 0 Å². The van der Waals surface area contributed by atoms with Crippen LogP contribution in [0.5, 0.6) is 11.5 Å².